The maximum atomic E-state index is 14.2. The number of hydrogen-bond acceptors (Lipinski definition) is 8. The van der Waals surface area contributed by atoms with E-state index in [-0.39, 0.29) is 28.8 Å². The topological polar surface area (TPSA) is 121 Å². The molecule has 4 rings (SSSR count). The van der Waals surface area contributed by atoms with E-state index in [1.807, 2.05) is 0 Å². The van der Waals surface area contributed by atoms with Crippen LogP contribution in [0.5, 0.6) is 0 Å². The third kappa shape index (κ3) is 4.18. The van der Waals surface area contributed by atoms with Crippen LogP contribution in [0.3, 0.4) is 0 Å². The number of nitrogens with one attached hydrogen (secondary N) is 1. The molecule has 2 aliphatic rings. The third-order valence-corrected chi connectivity index (χ3v) is 5.16. The first-order chi connectivity index (χ1) is 16.6. The van der Waals surface area contributed by atoms with Gasteiger partial charge in [0.05, 0.1) is 12.2 Å². The SMILES string of the molecule is CCOC(=O)c1ccc(NC(=O)CN2N=N[C@H]3C(=O)N(c4c(F)c(F)cc(F)c4F)C(=O)[C@H]32)cc1. The van der Waals surface area contributed by atoms with Crippen molar-refractivity contribution in [3.05, 3.63) is 59.2 Å². The highest BCUT2D eigenvalue weighted by atomic mass is 19.2. The molecular weight excluding hydrogens is 478 g/mol. The van der Waals surface area contributed by atoms with Crippen LogP contribution in [-0.4, -0.2) is 53.9 Å². The van der Waals surface area contributed by atoms with Crippen molar-refractivity contribution in [3.8, 4) is 0 Å². The van der Waals surface area contributed by atoms with E-state index in [9.17, 15) is 36.7 Å². The minimum absolute atomic E-state index is 0.0383. The van der Waals surface area contributed by atoms with Crippen LogP contribution in [0.4, 0.5) is 28.9 Å². The highest BCUT2D eigenvalue weighted by Crippen LogP contribution is 2.36. The average molecular weight is 493 g/mol. The van der Waals surface area contributed by atoms with Gasteiger partial charge in [-0.2, -0.15) is 5.11 Å². The van der Waals surface area contributed by atoms with Crippen molar-refractivity contribution in [3.63, 3.8) is 0 Å². The van der Waals surface area contributed by atoms with Gasteiger partial charge in [-0.25, -0.2) is 27.3 Å². The monoisotopic (exact) mass is 493 g/mol. The lowest BCUT2D eigenvalue weighted by molar-refractivity contribution is -0.123. The second kappa shape index (κ2) is 9.12. The standard InChI is InChI=1S/C21H15F4N5O5/c1-2-35-21(34)9-3-5-10(6-4-9)26-13(31)8-29-18-16(27-28-29)19(32)30(20(18)33)17-14(24)11(22)7-12(23)15(17)25/h3-7,16,18H,2,8H2,1H3,(H,26,31)/t16-,18+/m1/s1. The molecular formula is C21H15F4N5O5. The number of nitrogens with zero attached hydrogens (tertiary/aromatic N) is 4. The highest BCUT2D eigenvalue weighted by Gasteiger charge is 2.56. The Morgan fingerprint density at radius 1 is 1.03 bits per heavy atom. The number of carbonyl (C=O) groups is 4. The van der Waals surface area contributed by atoms with Crippen LogP contribution in [0.2, 0.25) is 0 Å². The average Bonchev–Trinajstić information content (AvgIpc) is 3.33. The van der Waals surface area contributed by atoms with Crippen LogP contribution >= 0.6 is 0 Å². The molecule has 1 saturated heterocycles. The molecule has 35 heavy (non-hydrogen) atoms. The molecule has 0 saturated carbocycles. The quantitative estimate of drug-likeness (QED) is 0.286. The van der Waals surface area contributed by atoms with E-state index in [0.717, 1.165) is 5.01 Å². The molecule has 14 heteroatoms. The fourth-order valence-electron chi connectivity index (χ4n) is 3.58. The van der Waals surface area contributed by atoms with E-state index in [1.54, 1.807) is 6.92 Å². The predicted molar refractivity (Wildman–Crippen MR) is 109 cm³/mol. The molecule has 2 aliphatic heterocycles. The summed E-state index contributed by atoms with van der Waals surface area (Å²) in [5, 5.41) is 10.5. The first-order valence-corrected chi connectivity index (χ1v) is 10.1. The number of anilines is 2. The van der Waals surface area contributed by atoms with E-state index in [4.69, 9.17) is 4.74 Å². The number of halogens is 4. The molecule has 1 fully saturated rings. The zero-order chi connectivity index (χ0) is 25.4. The van der Waals surface area contributed by atoms with E-state index in [0.29, 0.717) is 0 Å². The predicted octanol–water partition coefficient (Wildman–Crippen LogP) is 2.35. The van der Waals surface area contributed by atoms with Crippen molar-refractivity contribution in [2.75, 3.05) is 23.4 Å². The largest absolute Gasteiger partial charge is 0.462 e. The van der Waals surface area contributed by atoms with Gasteiger partial charge in [0, 0.05) is 11.8 Å². The Hall–Kier alpha value is -4.36. The van der Waals surface area contributed by atoms with Gasteiger partial charge in [-0.3, -0.25) is 19.4 Å². The van der Waals surface area contributed by atoms with Gasteiger partial charge in [0.1, 0.15) is 12.2 Å². The molecule has 0 bridgehead atoms. The van der Waals surface area contributed by atoms with Crippen LogP contribution in [0.1, 0.15) is 17.3 Å². The number of hydrogen-bond donors (Lipinski definition) is 1. The van der Waals surface area contributed by atoms with Gasteiger partial charge in [-0.05, 0) is 31.2 Å². The second-order valence-corrected chi connectivity index (χ2v) is 7.37. The van der Waals surface area contributed by atoms with E-state index in [2.05, 4.69) is 15.7 Å². The lowest BCUT2D eigenvalue weighted by Crippen LogP contribution is -2.43. The van der Waals surface area contributed by atoms with Crippen molar-refractivity contribution < 1.29 is 41.5 Å². The number of benzene rings is 2. The first-order valence-electron chi connectivity index (χ1n) is 10.1. The van der Waals surface area contributed by atoms with Crippen molar-refractivity contribution >= 4 is 35.1 Å². The van der Waals surface area contributed by atoms with Crippen LogP contribution in [0.25, 0.3) is 0 Å². The lowest BCUT2D eigenvalue weighted by Gasteiger charge is -2.21. The molecule has 0 aromatic heterocycles. The summed E-state index contributed by atoms with van der Waals surface area (Å²) in [7, 11) is 0. The normalized spacial score (nSPS) is 18.8. The van der Waals surface area contributed by atoms with E-state index >= 15 is 0 Å². The molecule has 0 spiro atoms. The van der Waals surface area contributed by atoms with Gasteiger partial charge < -0.3 is 10.1 Å². The highest BCUT2D eigenvalue weighted by molar-refractivity contribution is 6.25. The number of carbonyl (C=O) groups excluding carboxylic acids is 4. The van der Waals surface area contributed by atoms with Crippen LogP contribution < -0.4 is 10.2 Å². The fourth-order valence-corrected chi connectivity index (χ4v) is 3.58. The molecule has 2 heterocycles. The summed E-state index contributed by atoms with van der Waals surface area (Å²) in [6.45, 7) is 1.24. The summed E-state index contributed by atoms with van der Waals surface area (Å²) >= 11 is 0. The van der Waals surface area contributed by atoms with Gasteiger partial charge in [-0.15, -0.1) is 0 Å². The maximum absolute atomic E-state index is 14.2. The van der Waals surface area contributed by atoms with Crippen LogP contribution in [-0.2, 0) is 19.1 Å². The zero-order valence-electron chi connectivity index (χ0n) is 17.8. The summed E-state index contributed by atoms with van der Waals surface area (Å²) in [5.74, 6) is -11.2. The molecule has 1 N–H and O–H groups in total. The Balaban J connectivity index is 1.48. The smallest absolute Gasteiger partial charge is 0.338 e. The molecule has 2 aromatic rings. The lowest BCUT2D eigenvalue weighted by atomic mass is 10.1. The summed E-state index contributed by atoms with van der Waals surface area (Å²) in [6, 6.07) is 2.50. The molecule has 10 nitrogen and oxygen atoms in total. The Morgan fingerprint density at radius 3 is 2.26 bits per heavy atom. The van der Waals surface area contributed by atoms with Gasteiger partial charge in [0.15, 0.2) is 35.4 Å². The summed E-state index contributed by atoms with van der Waals surface area (Å²) in [5.41, 5.74) is -0.969. The summed E-state index contributed by atoms with van der Waals surface area (Å²) in [6.07, 6.45) is 0. The van der Waals surface area contributed by atoms with Crippen molar-refractivity contribution in [1.29, 1.82) is 0 Å². The zero-order valence-corrected chi connectivity index (χ0v) is 17.8. The van der Waals surface area contributed by atoms with Crippen LogP contribution in [0, 0.1) is 23.3 Å². The molecule has 3 amide bonds. The van der Waals surface area contributed by atoms with Gasteiger partial charge >= 0.3 is 5.97 Å². The molecule has 2 atom stereocenters. The molecule has 2 aromatic carbocycles. The molecule has 0 aliphatic carbocycles. The Bertz CT molecular complexity index is 1240. The van der Waals surface area contributed by atoms with Gasteiger partial charge in [0.25, 0.3) is 11.8 Å². The van der Waals surface area contributed by atoms with Gasteiger partial charge in [0.2, 0.25) is 5.91 Å². The minimum Gasteiger partial charge on any atom is -0.462 e. The van der Waals surface area contributed by atoms with Crippen LogP contribution in [0.15, 0.2) is 40.7 Å². The first kappa shape index (κ1) is 23.8. The number of amides is 3. The third-order valence-electron chi connectivity index (χ3n) is 5.16. The number of fused-ring (bicyclic) bond motifs is 1. The van der Waals surface area contributed by atoms with E-state index < -0.39 is 71.3 Å². The summed E-state index contributed by atoms with van der Waals surface area (Å²) in [4.78, 5) is 49.5. The van der Waals surface area contributed by atoms with Crippen molar-refractivity contribution in [2.45, 2.75) is 19.0 Å². The minimum atomic E-state index is -1.93. The fraction of sp³-hybridized carbons (Fsp3) is 0.238. The Morgan fingerprint density at radius 2 is 1.66 bits per heavy atom. The van der Waals surface area contributed by atoms with Crippen molar-refractivity contribution in [2.24, 2.45) is 10.3 Å². The summed E-state index contributed by atoms with van der Waals surface area (Å²) < 4.78 is 60.5. The Kier molecular flexibility index (Phi) is 6.20. The molecule has 0 unspecified atom stereocenters. The van der Waals surface area contributed by atoms with E-state index in [1.165, 1.54) is 24.3 Å². The maximum Gasteiger partial charge on any atom is 0.338 e. The second-order valence-electron chi connectivity index (χ2n) is 7.37. The Labute approximate surface area is 194 Å². The number of ether oxygens (including phenoxy) is 1. The molecule has 182 valence electrons. The number of esters is 1. The van der Waals surface area contributed by atoms with Gasteiger partial charge in [-0.1, -0.05) is 5.22 Å². The number of rotatable bonds is 6. The molecule has 0 radical (unpaired) electrons. The number of imide groups is 1. The van der Waals surface area contributed by atoms with Crippen molar-refractivity contribution in [1.82, 2.24) is 5.01 Å².